The largest absolute Gasteiger partial charge is 0.486 e. The van der Waals surface area contributed by atoms with Crippen LogP contribution in [0, 0.1) is 0 Å². The monoisotopic (exact) mass is 342 g/mol. The summed E-state index contributed by atoms with van der Waals surface area (Å²) in [5.41, 5.74) is 6.95. The summed E-state index contributed by atoms with van der Waals surface area (Å²) >= 11 is 6.23. The van der Waals surface area contributed by atoms with E-state index in [1.165, 1.54) is 7.11 Å². The van der Waals surface area contributed by atoms with Crippen molar-refractivity contribution in [2.24, 2.45) is 0 Å². The molecule has 0 spiro atoms. The van der Waals surface area contributed by atoms with Gasteiger partial charge in [0.05, 0.1) is 12.1 Å². The van der Waals surface area contributed by atoms with Gasteiger partial charge < -0.3 is 15.2 Å². The van der Waals surface area contributed by atoms with Gasteiger partial charge in [-0.25, -0.2) is 9.78 Å². The second kappa shape index (κ2) is 6.76. The van der Waals surface area contributed by atoms with E-state index < -0.39 is 5.97 Å². The lowest BCUT2D eigenvalue weighted by Crippen LogP contribution is -2.11. The molecule has 0 aliphatic rings. The van der Waals surface area contributed by atoms with Gasteiger partial charge in [0.2, 0.25) is 0 Å². The van der Waals surface area contributed by atoms with Crippen molar-refractivity contribution in [1.82, 2.24) is 4.98 Å². The summed E-state index contributed by atoms with van der Waals surface area (Å²) in [6.45, 7) is 0.276. The molecule has 0 radical (unpaired) electrons. The molecule has 3 aromatic rings. The lowest BCUT2D eigenvalue weighted by atomic mass is 10.1. The quantitative estimate of drug-likeness (QED) is 0.729. The Morgan fingerprint density at radius 3 is 2.62 bits per heavy atom. The molecule has 2 N–H and O–H groups in total. The topological polar surface area (TPSA) is 74.4 Å². The fourth-order valence-corrected chi connectivity index (χ4v) is 2.71. The van der Waals surface area contributed by atoms with Gasteiger partial charge in [-0.05, 0) is 11.6 Å². The van der Waals surface area contributed by atoms with E-state index in [4.69, 9.17) is 26.8 Å². The number of nitrogens with two attached hydrogens (primary N) is 1. The molecule has 1 aromatic heterocycles. The predicted molar refractivity (Wildman–Crippen MR) is 93.3 cm³/mol. The van der Waals surface area contributed by atoms with Crippen molar-refractivity contribution < 1.29 is 14.3 Å². The molecule has 0 fully saturated rings. The summed E-state index contributed by atoms with van der Waals surface area (Å²) in [6, 6.07) is 14.9. The van der Waals surface area contributed by atoms with Crippen LogP contribution >= 0.6 is 11.6 Å². The minimum atomic E-state index is -0.619. The van der Waals surface area contributed by atoms with E-state index in [1.54, 1.807) is 18.2 Å². The Kier molecular flexibility index (Phi) is 4.53. The lowest BCUT2D eigenvalue weighted by molar-refractivity contribution is 0.0589. The molecule has 0 unspecified atom stereocenters. The Morgan fingerprint density at radius 1 is 1.17 bits per heavy atom. The molecule has 0 bridgehead atoms. The van der Waals surface area contributed by atoms with Crippen molar-refractivity contribution in [3.8, 4) is 5.75 Å². The lowest BCUT2D eigenvalue weighted by Gasteiger charge is -2.14. The van der Waals surface area contributed by atoms with Crippen LogP contribution in [0.4, 0.5) is 5.82 Å². The molecule has 0 atom stereocenters. The van der Waals surface area contributed by atoms with Crippen LogP contribution in [0.3, 0.4) is 0 Å². The molecule has 0 saturated heterocycles. The molecule has 2 aromatic carbocycles. The van der Waals surface area contributed by atoms with E-state index in [1.807, 2.05) is 30.3 Å². The van der Waals surface area contributed by atoms with Crippen molar-refractivity contribution in [2.75, 3.05) is 12.8 Å². The highest BCUT2D eigenvalue weighted by molar-refractivity contribution is 6.36. The first kappa shape index (κ1) is 16.1. The Labute approximate surface area is 144 Å². The maximum atomic E-state index is 12.1. The first-order valence-corrected chi connectivity index (χ1v) is 7.62. The maximum absolute atomic E-state index is 12.1. The van der Waals surface area contributed by atoms with Gasteiger partial charge in [-0.3, -0.25) is 0 Å². The van der Waals surface area contributed by atoms with Crippen LogP contribution in [0.5, 0.6) is 5.75 Å². The van der Waals surface area contributed by atoms with Crippen molar-refractivity contribution in [2.45, 2.75) is 6.61 Å². The number of carbonyl (C=O) groups excluding carboxylic acids is 1. The number of rotatable bonds is 4. The number of benzene rings is 2. The number of hydrogen-bond acceptors (Lipinski definition) is 5. The molecule has 1 heterocycles. The Morgan fingerprint density at radius 2 is 1.92 bits per heavy atom. The Balaban J connectivity index is 2.13. The predicted octanol–water partition coefficient (Wildman–Crippen LogP) is 3.84. The number of carbonyl (C=O) groups is 1. The zero-order valence-electron chi connectivity index (χ0n) is 13.0. The summed E-state index contributed by atoms with van der Waals surface area (Å²) in [5, 5.41) is 1.61. The fourth-order valence-electron chi connectivity index (χ4n) is 2.44. The number of fused-ring (bicyclic) bond motifs is 1. The van der Waals surface area contributed by atoms with Crippen molar-refractivity contribution in [3.63, 3.8) is 0 Å². The molecular weight excluding hydrogens is 328 g/mol. The third-order valence-electron chi connectivity index (χ3n) is 3.57. The molecule has 5 nitrogen and oxygen atoms in total. The number of ether oxygens (including phenoxy) is 2. The van der Waals surface area contributed by atoms with Gasteiger partial charge in [0.25, 0.3) is 0 Å². The van der Waals surface area contributed by atoms with Gasteiger partial charge >= 0.3 is 5.97 Å². The van der Waals surface area contributed by atoms with E-state index in [9.17, 15) is 4.79 Å². The van der Waals surface area contributed by atoms with Crippen LogP contribution in [0.1, 0.15) is 16.1 Å². The van der Waals surface area contributed by atoms with Crippen molar-refractivity contribution in [3.05, 3.63) is 64.8 Å². The molecule has 0 aliphatic carbocycles. The number of halogens is 1. The number of esters is 1. The minimum Gasteiger partial charge on any atom is -0.486 e. The number of aromatic nitrogens is 1. The van der Waals surface area contributed by atoms with E-state index in [0.29, 0.717) is 21.5 Å². The molecule has 0 saturated carbocycles. The summed E-state index contributed by atoms with van der Waals surface area (Å²) in [7, 11) is 1.28. The Bertz CT molecular complexity index is 898. The first-order chi connectivity index (χ1) is 11.6. The van der Waals surface area contributed by atoms with Gasteiger partial charge in [0.15, 0.2) is 11.4 Å². The highest BCUT2D eigenvalue weighted by atomic mass is 35.5. The molecule has 0 amide bonds. The minimum absolute atomic E-state index is 0.0284. The first-order valence-electron chi connectivity index (χ1n) is 7.24. The Hall–Kier alpha value is -2.79. The van der Waals surface area contributed by atoms with Crippen molar-refractivity contribution in [1.29, 1.82) is 0 Å². The standard InChI is InChI=1S/C18H15ClN2O3/c1-23-18(22)15-16(24-10-11-6-3-2-4-7-11)12-8-5-9-13(19)14(12)17(20)21-15/h2-9H,10H2,1H3,(H2,20,21). The third-order valence-corrected chi connectivity index (χ3v) is 3.88. The van der Waals surface area contributed by atoms with Gasteiger partial charge in [-0.15, -0.1) is 0 Å². The molecule has 3 rings (SSSR count). The van der Waals surface area contributed by atoms with Gasteiger partial charge in [-0.1, -0.05) is 54.1 Å². The number of nitrogens with zero attached hydrogens (tertiary/aromatic N) is 1. The smallest absolute Gasteiger partial charge is 0.360 e. The molecule has 6 heteroatoms. The van der Waals surface area contributed by atoms with E-state index in [2.05, 4.69) is 4.98 Å². The number of methoxy groups -OCH3 is 1. The second-order valence-electron chi connectivity index (χ2n) is 5.10. The molecule has 24 heavy (non-hydrogen) atoms. The summed E-state index contributed by atoms with van der Waals surface area (Å²) < 4.78 is 10.7. The van der Waals surface area contributed by atoms with Gasteiger partial charge in [0.1, 0.15) is 12.4 Å². The summed E-state index contributed by atoms with van der Waals surface area (Å²) in [4.78, 5) is 16.2. The number of nitrogen functional groups attached to an aromatic ring is 1. The van der Waals surface area contributed by atoms with Gasteiger partial charge in [0, 0.05) is 10.8 Å². The highest BCUT2D eigenvalue weighted by Crippen LogP contribution is 2.36. The summed E-state index contributed by atoms with van der Waals surface area (Å²) in [5.74, 6) is -0.160. The normalized spacial score (nSPS) is 10.6. The fraction of sp³-hybridized carbons (Fsp3) is 0.111. The van der Waals surface area contributed by atoms with Crippen LogP contribution in [0.2, 0.25) is 5.02 Å². The zero-order valence-corrected chi connectivity index (χ0v) is 13.7. The van der Waals surface area contributed by atoms with Crippen molar-refractivity contribution >= 4 is 34.2 Å². The second-order valence-corrected chi connectivity index (χ2v) is 5.51. The zero-order chi connectivity index (χ0) is 17.1. The third kappa shape index (κ3) is 2.98. The van der Waals surface area contributed by atoms with Crippen LogP contribution in [-0.2, 0) is 11.3 Å². The number of hydrogen-bond donors (Lipinski definition) is 1. The van der Waals surface area contributed by atoms with Crippen LogP contribution in [0.25, 0.3) is 10.8 Å². The van der Waals surface area contributed by atoms with Crippen LogP contribution in [-0.4, -0.2) is 18.1 Å². The number of pyridine rings is 1. The molecule has 122 valence electrons. The highest BCUT2D eigenvalue weighted by Gasteiger charge is 2.21. The average molecular weight is 343 g/mol. The number of anilines is 1. The van der Waals surface area contributed by atoms with Crippen LogP contribution in [0.15, 0.2) is 48.5 Å². The average Bonchev–Trinajstić information content (AvgIpc) is 2.60. The SMILES string of the molecule is COC(=O)c1nc(N)c2c(Cl)cccc2c1OCc1ccccc1. The maximum Gasteiger partial charge on any atom is 0.360 e. The van der Waals surface area contributed by atoms with E-state index in [0.717, 1.165) is 5.56 Å². The van der Waals surface area contributed by atoms with E-state index in [-0.39, 0.29) is 18.1 Å². The van der Waals surface area contributed by atoms with Gasteiger partial charge in [-0.2, -0.15) is 0 Å². The van der Waals surface area contributed by atoms with Crippen LogP contribution < -0.4 is 10.5 Å². The molecule has 0 aliphatic heterocycles. The summed E-state index contributed by atoms with van der Waals surface area (Å²) in [6.07, 6.45) is 0. The van der Waals surface area contributed by atoms with E-state index >= 15 is 0 Å². The molecular formula is C18H15ClN2O3.